The quantitative estimate of drug-likeness (QED) is 0.0950. The van der Waals surface area contributed by atoms with E-state index in [9.17, 15) is 29.4 Å². The fraction of sp³-hybridized carbons (Fsp3) is 0.174. The van der Waals surface area contributed by atoms with Crippen LogP contribution in [0, 0.1) is 27.7 Å². The molecule has 0 unspecified atom stereocenters. The van der Waals surface area contributed by atoms with E-state index in [1.54, 1.807) is 42.7 Å². The molecule has 10 nitrogen and oxygen atoms in total. The first kappa shape index (κ1) is 42.8. The number of pyridine rings is 2. The standard InChI is InChI=1S/C24H24N2O3.C22H18Cl2N2O3/c1-15-8-6-10-21(17(15)3)18-11-19(14-25-13-18)24(29)26-22(12-23(27)28)20-9-5-4-7-16(20)2;1-13-5-2-3-6-16(13)19(10-20(27)28)26-22(29)15-9-14(11-25-12-15)17-7-4-8-18(23)21(17)24/h4-11,13-14,22H,12H2,1-3H3,(H,26,29)(H,27,28);2-9,11-12,19H,10H2,1H3,(H,26,29)(H,27,28)/t22-;19-/m00/s1. The van der Waals surface area contributed by atoms with Crippen LogP contribution in [0.1, 0.15) is 79.0 Å². The highest BCUT2D eigenvalue weighted by atomic mass is 35.5. The maximum absolute atomic E-state index is 12.9. The predicted octanol–water partition coefficient (Wildman–Crippen LogP) is 9.93. The molecule has 0 bridgehead atoms. The zero-order chi connectivity index (χ0) is 41.9. The van der Waals surface area contributed by atoms with Crippen molar-refractivity contribution in [3.05, 3.63) is 176 Å². The first-order valence-electron chi connectivity index (χ1n) is 18.3. The number of amides is 2. The highest BCUT2D eigenvalue weighted by Gasteiger charge is 2.23. The van der Waals surface area contributed by atoms with Gasteiger partial charge in [0.05, 0.1) is 46.1 Å². The second kappa shape index (κ2) is 19.7. The minimum atomic E-state index is -1.00. The van der Waals surface area contributed by atoms with Crippen LogP contribution in [-0.4, -0.2) is 43.9 Å². The van der Waals surface area contributed by atoms with E-state index in [0.717, 1.165) is 38.9 Å². The smallest absolute Gasteiger partial charge is 0.305 e. The van der Waals surface area contributed by atoms with E-state index in [1.165, 1.54) is 18.0 Å². The summed E-state index contributed by atoms with van der Waals surface area (Å²) < 4.78 is 0. The van der Waals surface area contributed by atoms with Crippen LogP contribution in [0.2, 0.25) is 10.0 Å². The summed E-state index contributed by atoms with van der Waals surface area (Å²) in [6.07, 6.45) is 5.82. The van der Waals surface area contributed by atoms with Gasteiger partial charge in [-0.15, -0.1) is 0 Å². The number of aliphatic carboxylic acids is 2. The van der Waals surface area contributed by atoms with Crippen molar-refractivity contribution < 1.29 is 29.4 Å². The Hall–Kier alpha value is -6.36. The lowest BCUT2D eigenvalue weighted by Crippen LogP contribution is -2.30. The zero-order valence-corrected chi connectivity index (χ0v) is 33.8. The Bertz CT molecular complexity index is 2300. The van der Waals surface area contributed by atoms with E-state index in [0.29, 0.717) is 32.3 Å². The van der Waals surface area contributed by atoms with Gasteiger partial charge in [0.1, 0.15) is 0 Å². The largest absolute Gasteiger partial charge is 0.481 e. The maximum Gasteiger partial charge on any atom is 0.305 e. The molecule has 2 heterocycles. The lowest BCUT2D eigenvalue weighted by molar-refractivity contribution is -0.138. The molecule has 2 atom stereocenters. The molecule has 4 N–H and O–H groups in total. The van der Waals surface area contributed by atoms with Gasteiger partial charge < -0.3 is 20.8 Å². The predicted molar refractivity (Wildman–Crippen MR) is 226 cm³/mol. The van der Waals surface area contributed by atoms with Crippen LogP contribution in [0.3, 0.4) is 0 Å². The number of benzene rings is 4. The van der Waals surface area contributed by atoms with Gasteiger partial charge in [-0.3, -0.25) is 29.1 Å². The molecule has 0 aliphatic carbocycles. The van der Waals surface area contributed by atoms with Crippen molar-refractivity contribution >= 4 is 47.0 Å². The van der Waals surface area contributed by atoms with E-state index in [-0.39, 0.29) is 18.7 Å². The first-order chi connectivity index (χ1) is 27.7. The normalized spacial score (nSPS) is 11.7. The summed E-state index contributed by atoms with van der Waals surface area (Å²) in [4.78, 5) is 56.8. The van der Waals surface area contributed by atoms with E-state index in [2.05, 4.69) is 20.6 Å². The third kappa shape index (κ3) is 10.9. The van der Waals surface area contributed by atoms with Gasteiger partial charge in [-0.1, -0.05) is 102 Å². The topological polar surface area (TPSA) is 159 Å². The van der Waals surface area contributed by atoms with Crippen molar-refractivity contribution in [2.75, 3.05) is 0 Å². The van der Waals surface area contributed by atoms with Crippen LogP contribution in [0.5, 0.6) is 0 Å². The molecule has 6 rings (SSSR count). The van der Waals surface area contributed by atoms with E-state index < -0.39 is 29.9 Å². The Labute approximate surface area is 346 Å². The summed E-state index contributed by atoms with van der Waals surface area (Å²) in [5.41, 5.74) is 9.53. The molecule has 0 fully saturated rings. The molecule has 12 heteroatoms. The second-order valence-electron chi connectivity index (χ2n) is 13.7. The molecule has 6 aromatic rings. The fourth-order valence-corrected chi connectivity index (χ4v) is 6.89. The molecule has 0 aliphatic rings. The fourth-order valence-electron chi connectivity index (χ4n) is 6.48. The molecule has 0 spiro atoms. The number of hydrogen-bond donors (Lipinski definition) is 4. The van der Waals surface area contributed by atoms with Gasteiger partial charge in [-0.05, 0) is 84.8 Å². The Morgan fingerprint density at radius 1 is 0.569 bits per heavy atom. The number of carbonyl (C=O) groups is 4. The Kier molecular flexibility index (Phi) is 14.5. The third-order valence-corrected chi connectivity index (χ3v) is 10.5. The number of aromatic nitrogens is 2. The van der Waals surface area contributed by atoms with Gasteiger partial charge in [0.2, 0.25) is 0 Å². The molecular weight excluding hydrogens is 775 g/mol. The molecule has 4 aromatic carbocycles. The monoisotopic (exact) mass is 816 g/mol. The number of halogens is 2. The molecule has 2 aromatic heterocycles. The number of carboxylic acids is 2. The third-order valence-electron chi connectivity index (χ3n) is 9.67. The number of rotatable bonds is 12. The van der Waals surface area contributed by atoms with E-state index in [4.69, 9.17) is 23.2 Å². The molecule has 0 aliphatic heterocycles. The summed E-state index contributed by atoms with van der Waals surface area (Å²) >= 11 is 12.4. The van der Waals surface area contributed by atoms with Crippen molar-refractivity contribution in [3.8, 4) is 22.3 Å². The van der Waals surface area contributed by atoms with Crippen LogP contribution in [0.15, 0.2) is 122 Å². The van der Waals surface area contributed by atoms with Gasteiger partial charge in [0.15, 0.2) is 0 Å². The molecule has 0 radical (unpaired) electrons. The average molecular weight is 818 g/mol. The minimum Gasteiger partial charge on any atom is -0.481 e. The summed E-state index contributed by atoms with van der Waals surface area (Å²) in [5, 5.41) is 25.0. The van der Waals surface area contributed by atoms with Crippen molar-refractivity contribution in [1.82, 2.24) is 20.6 Å². The second-order valence-corrected chi connectivity index (χ2v) is 14.5. The molecule has 2 amide bonds. The highest BCUT2D eigenvalue weighted by Crippen LogP contribution is 2.34. The Morgan fingerprint density at radius 3 is 1.48 bits per heavy atom. The van der Waals surface area contributed by atoms with E-state index >= 15 is 0 Å². The molecular formula is C46H42Cl2N4O6. The lowest BCUT2D eigenvalue weighted by Gasteiger charge is -2.19. The maximum atomic E-state index is 12.9. The van der Waals surface area contributed by atoms with Crippen LogP contribution < -0.4 is 10.6 Å². The van der Waals surface area contributed by atoms with Crippen molar-refractivity contribution in [1.29, 1.82) is 0 Å². The summed E-state index contributed by atoms with van der Waals surface area (Å²) in [6, 6.07) is 28.2. The van der Waals surface area contributed by atoms with Crippen LogP contribution in [0.4, 0.5) is 0 Å². The average Bonchev–Trinajstić information content (AvgIpc) is 3.20. The highest BCUT2D eigenvalue weighted by molar-refractivity contribution is 6.43. The van der Waals surface area contributed by atoms with Gasteiger partial charge in [-0.25, -0.2) is 0 Å². The molecule has 296 valence electrons. The molecule has 0 saturated heterocycles. The van der Waals surface area contributed by atoms with Crippen molar-refractivity contribution in [2.24, 2.45) is 0 Å². The van der Waals surface area contributed by atoms with Gasteiger partial charge in [0.25, 0.3) is 11.8 Å². The van der Waals surface area contributed by atoms with Crippen molar-refractivity contribution in [2.45, 2.75) is 52.6 Å². The van der Waals surface area contributed by atoms with Gasteiger partial charge >= 0.3 is 11.9 Å². The molecule has 58 heavy (non-hydrogen) atoms. The van der Waals surface area contributed by atoms with Crippen LogP contribution in [0.25, 0.3) is 22.3 Å². The Balaban J connectivity index is 0.000000221. The van der Waals surface area contributed by atoms with Crippen molar-refractivity contribution in [3.63, 3.8) is 0 Å². The number of nitrogens with zero attached hydrogens (tertiary/aromatic N) is 2. The first-order valence-corrected chi connectivity index (χ1v) is 19.1. The lowest BCUT2D eigenvalue weighted by atomic mass is 9.96. The minimum absolute atomic E-state index is 0.194. The Morgan fingerprint density at radius 2 is 1.00 bits per heavy atom. The number of aryl methyl sites for hydroxylation is 3. The summed E-state index contributed by atoms with van der Waals surface area (Å²) in [6.45, 7) is 7.86. The van der Waals surface area contributed by atoms with Crippen LogP contribution in [-0.2, 0) is 9.59 Å². The number of carboxylic acid groups (broad SMARTS) is 2. The number of nitrogens with one attached hydrogen (secondary N) is 2. The molecule has 0 saturated carbocycles. The summed E-state index contributed by atoms with van der Waals surface area (Å²) in [7, 11) is 0. The zero-order valence-electron chi connectivity index (χ0n) is 32.3. The van der Waals surface area contributed by atoms with E-state index in [1.807, 2.05) is 94.4 Å². The van der Waals surface area contributed by atoms with Gasteiger partial charge in [-0.2, -0.15) is 0 Å². The van der Waals surface area contributed by atoms with Gasteiger partial charge in [0, 0.05) is 41.5 Å². The number of hydrogen-bond acceptors (Lipinski definition) is 6. The van der Waals surface area contributed by atoms with Crippen LogP contribution >= 0.6 is 23.2 Å². The number of carbonyl (C=O) groups excluding carboxylic acids is 2. The SMILES string of the molecule is Cc1ccccc1[C@H](CC(=O)O)NC(=O)c1cncc(-c2cccc(C)c2C)c1.Cc1ccccc1[C@H](CC(=O)O)NC(=O)c1cncc(-c2cccc(Cl)c2Cl)c1. The summed E-state index contributed by atoms with van der Waals surface area (Å²) in [5.74, 6) is -2.75.